The van der Waals surface area contributed by atoms with E-state index in [0.29, 0.717) is 29.2 Å². The molecular formula is C29H35N3O5S. The van der Waals surface area contributed by atoms with Crippen molar-refractivity contribution in [3.63, 3.8) is 0 Å². The Balaban J connectivity index is 1.53. The van der Waals surface area contributed by atoms with Gasteiger partial charge < -0.3 is 15.0 Å². The normalized spacial score (nSPS) is 14.5. The largest absolute Gasteiger partial charge is 0.497 e. The number of nitrogens with zero attached hydrogens (tertiary/aromatic N) is 2. The van der Waals surface area contributed by atoms with Gasteiger partial charge in [0, 0.05) is 30.9 Å². The van der Waals surface area contributed by atoms with E-state index in [1.54, 1.807) is 30.2 Å². The molecule has 0 saturated heterocycles. The maximum Gasteiger partial charge on any atom is 0.265 e. The Kier molecular flexibility index (Phi) is 8.26. The van der Waals surface area contributed by atoms with Crippen molar-refractivity contribution in [2.24, 2.45) is 0 Å². The van der Waals surface area contributed by atoms with Crippen LogP contribution in [0.4, 0.5) is 5.69 Å². The van der Waals surface area contributed by atoms with Gasteiger partial charge in [0.1, 0.15) is 11.8 Å². The highest BCUT2D eigenvalue weighted by Gasteiger charge is 2.35. The average Bonchev–Trinajstić information content (AvgIpc) is 3.11. The van der Waals surface area contributed by atoms with Crippen molar-refractivity contribution >= 4 is 38.3 Å². The second-order valence-corrected chi connectivity index (χ2v) is 11.6. The number of ether oxygens (including phenoxy) is 1. The molecule has 1 aliphatic heterocycles. The van der Waals surface area contributed by atoms with Crippen molar-refractivity contribution < 1.29 is 22.7 Å². The fraction of sp³-hybridized carbons (Fsp3) is 0.379. The van der Waals surface area contributed by atoms with Gasteiger partial charge in [-0.1, -0.05) is 43.3 Å². The second kappa shape index (κ2) is 11.4. The third kappa shape index (κ3) is 5.48. The lowest BCUT2D eigenvalue weighted by Crippen LogP contribution is -2.50. The van der Waals surface area contributed by atoms with Gasteiger partial charge in [0.2, 0.25) is 11.8 Å². The Morgan fingerprint density at radius 1 is 1.05 bits per heavy atom. The molecule has 0 fully saturated rings. The first kappa shape index (κ1) is 27.4. The lowest BCUT2D eigenvalue weighted by atomic mass is 10.1. The summed E-state index contributed by atoms with van der Waals surface area (Å²) in [6.45, 7) is 6.06. The molecule has 0 bridgehead atoms. The van der Waals surface area contributed by atoms with Crippen molar-refractivity contribution in [1.29, 1.82) is 0 Å². The molecule has 3 aromatic rings. The Bertz CT molecular complexity index is 1430. The van der Waals surface area contributed by atoms with E-state index in [2.05, 4.69) is 5.32 Å². The van der Waals surface area contributed by atoms with Gasteiger partial charge in [0.15, 0.2) is 0 Å². The number of hydrogen-bond donors (Lipinski definition) is 1. The Labute approximate surface area is 224 Å². The van der Waals surface area contributed by atoms with Crippen LogP contribution in [0.5, 0.6) is 5.75 Å². The molecule has 8 nitrogen and oxygen atoms in total. The molecule has 0 saturated carbocycles. The summed E-state index contributed by atoms with van der Waals surface area (Å²) in [7, 11) is -2.11. The van der Waals surface area contributed by atoms with E-state index in [0.717, 1.165) is 16.3 Å². The predicted molar refractivity (Wildman–Crippen MR) is 149 cm³/mol. The predicted octanol–water partition coefficient (Wildman–Crippen LogP) is 4.47. The van der Waals surface area contributed by atoms with Crippen LogP contribution in [0.15, 0.2) is 65.6 Å². The second-order valence-electron chi connectivity index (χ2n) is 9.77. The van der Waals surface area contributed by atoms with Gasteiger partial charge in [0.05, 0.1) is 17.7 Å². The highest BCUT2D eigenvalue weighted by Crippen LogP contribution is 2.42. The van der Waals surface area contributed by atoms with Gasteiger partial charge >= 0.3 is 0 Å². The molecule has 0 spiro atoms. The smallest absolute Gasteiger partial charge is 0.265 e. The molecule has 2 amide bonds. The zero-order chi connectivity index (χ0) is 27.4. The Morgan fingerprint density at radius 2 is 1.76 bits per heavy atom. The molecule has 9 heteroatoms. The number of nitrogens with one attached hydrogen (secondary N) is 1. The van der Waals surface area contributed by atoms with Gasteiger partial charge in [-0.15, -0.1) is 0 Å². The Morgan fingerprint density at radius 3 is 2.45 bits per heavy atom. The molecule has 1 atom stereocenters. The third-order valence-corrected chi connectivity index (χ3v) is 8.59. The minimum atomic E-state index is -3.69. The fourth-order valence-corrected chi connectivity index (χ4v) is 6.73. The van der Waals surface area contributed by atoms with Gasteiger partial charge in [0.25, 0.3) is 10.0 Å². The highest BCUT2D eigenvalue weighted by atomic mass is 32.2. The molecule has 0 aliphatic carbocycles. The molecule has 1 N–H and O–H groups in total. The number of methoxy groups -OCH3 is 1. The van der Waals surface area contributed by atoms with E-state index in [-0.39, 0.29) is 37.4 Å². The summed E-state index contributed by atoms with van der Waals surface area (Å²) in [5, 5.41) is 4.51. The molecule has 4 rings (SSSR count). The van der Waals surface area contributed by atoms with Crippen LogP contribution in [0.1, 0.15) is 45.6 Å². The molecule has 1 unspecified atom stereocenters. The van der Waals surface area contributed by atoms with Gasteiger partial charge in [-0.25, -0.2) is 8.42 Å². The standard InChI is InChI=1S/C29H35N3O5S/c1-5-24(29(34)30-20(2)3)31(19-21-10-6-13-23(18-21)37-4)27(33)16-9-17-32-25-14-7-11-22-12-8-15-26(28(22)25)38(32,35)36/h6-8,10-15,18,20,24H,5,9,16-17,19H2,1-4H3,(H,30,34). The summed E-state index contributed by atoms with van der Waals surface area (Å²) in [5.74, 6) is 0.261. The van der Waals surface area contributed by atoms with Crippen molar-refractivity contribution in [1.82, 2.24) is 10.2 Å². The minimum absolute atomic E-state index is 0.0602. The van der Waals surface area contributed by atoms with Crippen LogP contribution in [0.3, 0.4) is 0 Å². The van der Waals surface area contributed by atoms with E-state index in [1.807, 2.05) is 63.2 Å². The molecule has 3 aromatic carbocycles. The average molecular weight is 538 g/mol. The molecule has 38 heavy (non-hydrogen) atoms. The summed E-state index contributed by atoms with van der Waals surface area (Å²) in [6, 6.07) is 17.5. The fourth-order valence-electron chi connectivity index (χ4n) is 4.98. The topological polar surface area (TPSA) is 96.0 Å². The summed E-state index contributed by atoms with van der Waals surface area (Å²) < 4.78 is 33.3. The van der Waals surface area contributed by atoms with Crippen LogP contribution in [-0.4, -0.2) is 50.9 Å². The van der Waals surface area contributed by atoms with Crippen molar-refractivity contribution in [3.8, 4) is 5.75 Å². The summed E-state index contributed by atoms with van der Waals surface area (Å²) in [6.07, 6.45) is 0.874. The zero-order valence-electron chi connectivity index (χ0n) is 22.3. The highest BCUT2D eigenvalue weighted by molar-refractivity contribution is 7.93. The number of sulfonamides is 1. The zero-order valence-corrected chi connectivity index (χ0v) is 23.1. The lowest BCUT2D eigenvalue weighted by molar-refractivity contribution is -0.141. The quantitative estimate of drug-likeness (QED) is 0.389. The van der Waals surface area contributed by atoms with Crippen LogP contribution in [-0.2, 0) is 26.2 Å². The summed E-state index contributed by atoms with van der Waals surface area (Å²) >= 11 is 0. The van der Waals surface area contributed by atoms with Crippen LogP contribution in [0, 0.1) is 0 Å². The first-order valence-corrected chi connectivity index (χ1v) is 14.4. The number of anilines is 1. The van der Waals surface area contributed by atoms with E-state index < -0.39 is 16.1 Å². The van der Waals surface area contributed by atoms with Crippen LogP contribution in [0.25, 0.3) is 10.8 Å². The molecule has 1 aliphatic rings. The molecular weight excluding hydrogens is 502 g/mol. The van der Waals surface area contributed by atoms with Gasteiger partial charge in [-0.05, 0) is 61.9 Å². The lowest BCUT2D eigenvalue weighted by Gasteiger charge is -2.31. The molecule has 1 heterocycles. The van der Waals surface area contributed by atoms with E-state index in [9.17, 15) is 18.0 Å². The molecule has 0 radical (unpaired) electrons. The first-order chi connectivity index (χ1) is 18.2. The third-order valence-electron chi connectivity index (χ3n) is 6.74. The van der Waals surface area contributed by atoms with Gasteiger partial charge in [-0.2, -0.15) is 0 Å². The van der Waals surface area contributed by atoms with Gasteiger partial charge in [-0.3, -0.25) is 13.9 Å². The molecule has 202 valence electrons. The minimum Gasteiger partial charge on any atom is -0.497 e. The number of rotatable bonds is 11. The summed E-state index contributed by atoms with van der Waals surface area (Å²) in [5.41, 5.74) is 1.49. The maximum atomic E-state index is 13.6. The monoisotopic (exact) mass is 537 g/mol. The SMILES string of the molecule is CCC(C(=O)NC(C)C)N(Cc1cccc(OC)c1)C(=O)CCCN1c2cccc3cccc(c23)S1(=O)=O. The number of carbonyl (C=O) groups excluding carboxylic acids is 2. The maximum absolute atomic E-state index is 13.6. The number of carbonyl (C=O) groups is 2. The van der Waals surface area contributed by atoms with Crippen LogP contribution in [0.2, 0.25) is 0 Å². The summed E-state index contributed by atoms with van der Waals surface area (Å²) in [4.78, 5) is 28.5. The Hall–Kier alpha value is -3.59. The van der Waals surface area contributed by atoms with Crippen LogP contribution < -0.4 is 14.4 Å². The van der Waals surface area contributed by atoms with E-state index in [4.69, 9.17) is 4.74 Å². The van der Waals surface area contributed by atoms with Crippen molar-refractivity contribution in [2.45, 2.75) is 63.6 Å². The van der Waals surface area contributed by atoms with Crippen molar-refractivity contribution in [3.05, 3.63) is 66.2 Å². The van der Waals surface area contributed by atoms with E-state index >= 15 is 0 Å². The first-order valence-electron chi connectivity index (χ1n) is 12.9. The molecule has 0 aromatic heterocycles. The number of hydrogen-bond acceptors (Lipinski definition) is 5. The number of benzene rings is 3. The van der Waals surface area contributed by atoms with E-state index in [1.165, 1.54) is 4.31 Å². The number of amides is 2. The van der Waals surface area contributed by atoms with Crippen molar-refractivity contribution in [2.75, 3.05) is 18.0 Å². The van der Waals surface area contributed by atoms with Crippen LogP contribution >= 0.6 is 0 Å².